The van der Waals surface area contributed by atoms with Gasteiger partial charge >= 0.3 is 0 Å². The van der Waals surface area contributed by atoms with Crippen LogP contribution in [-0.2, 0) is 18.9 Å². The van der Waals surface area contributed by atoms with E-state index in [1.54, 1.807) is 27.7 Å². The van der Waals surface area contributed by atoms with Crippen LogP contribution in [0.3, 0.4) is 0 Å². The standard InChI is InChI=1S/C25H52O8/c1-20(31-15-12-27)25(19-30-14-11-26,17-24(8,9)33-18-22(4,5)29)16-23(6,7)32-13-10-21(2,3)28/h20,26-29H,10-19H2,1-9H3. The number of rotatable bonds is 19. The molecule has 0 aliphatic carbocycles. The maximum atomic E-state index is 10.2. The Labute approximate surface area is 201 Å². The van der Waals surface area contributed by atoms with Crippen molar-refractivity contribution < 1.29 is 39.4 Å². The molecule has 8 heteroatoms. The Balaban J connectivity index is 5.89. The summed E-state index contributed by atoms with van der Waals surface area (Å²) in [4.78, 5) is 0. The largest absolute Gasteiger partial charge is 0.394 e. The van der Waals surface area contributed by atoms with Crippen molar-refractivity contribution in [3.63, 3.8) is 0 Å². The second kappa shape index (κ2) is 13.7. The topological polar surface area (TPSA) is 118 Å². The fourth-order valence-corrected chi connectivity index (χ4v) is 4.06. The van der Waals surface area contributed by atoms with Crippen LogP contribution in [0.2, 0.25) is 0 Å². The lowest BCUT2D eigenvalue weighted by Gasteiger charge is -2.47. The Morgan fingerprint density at radius 1 is 0.667 bits per heavy atom. The summed E-state index contributed by atoms with van der Waals surface area (Å²) >= 11 is 0. The van der Waals surface area contributed by atoms with E-state index in [1.807, 2.05) is 34.6 Å². The van der Waals surface area contributed by atoms with Gasteiger partial charge in [-0.05, 0) is 81.6 Å². The fraction of sp³-hybridized carbons (Fsp3) is 1.00. The van der Waals surface area contributed by atoms with E-state index >= 15 is 0 Å². The predicted octanol–water partition coefficient (Wildman–Crippen LogP) is 2.68. The first kappa shape index (κ1) is 32.7. The maximum absolute atomic E-state index is 10.2. The predicted molar refractivity (Wildman–Crippen MR) is 129 cm³/mol. The molecule has 0 aromatic carbocycles. The third-order valence-corrected chi connectivity index (χ3v) is 5.53. The van der Waals surface area contributed by atoms with Crippen molar-refractivity contribution in [2.24, 2.45) is 5.41 Å². The smallest absolute Gasteiger partial charge is 0.0824 e. The quantitative estimate of drug-likeness (QED) is 0.209. The number of hydrogen-bond acceptors (Lipinski definition) is 8. The molecule has 0 radical (unpaired) electrons. The van der Waals surface area contributed by atoms with Gasteiger partial charge in [0.05, 0.1) is 74.8 Å². The molecular weight excluding hydrogens is 428 g/mol. The van der Waals surface area contributed by atoms with E-state index < -0.39 is 27.8 Å². The normalized spacial score (nSPS) is 16.6. The molecule has 0 aromatic heterocycles. The summed E-state index contributed by atoms with van der Waals surface area (Å²) in [5, 5.41) is 38.8. The Morgan fingerprint density at radius 2 is 1.18 bits per heavy atom. The summed E-state index contributed by atoms with van der Waals surface area (Å²) in [6.45, 7) is 17.9. The Morgan fingerprint density at radius 3 is 1.64 bits per heavy atom. The SMILES string of the molecule is CC(OCCO)C(COCCO)(CC(C)(C)OCCC(C)(C)O)CC(C)(C)OCC(C)(C)O. The molecule has 0 aliphatic rings. The first-order valence-corrected chi connectivity index (χ1v) is 12.0. The molecular formula is C25H52O8. The summed E-state index contributed by atoms with van der Waals surface area (Å²) in [5.41, 5.74) is -3.56. The third kappa shape index (κ3) is 15.3. The van der Waals surface area contributed by atoms with Crippen LogP contribution in [-0.4, -0.2) is 95.2 Å². The summed E-state index contributed by atoms with van der Waals surface area (Å²) < 4.78 is 24.2. The molecule has 0 heterocycles. The molecule has 2 unspecified atom stereocenters. The summed E-state index contributed by atoms with van der Waals surface area (Å²) in [6.07, 6.45) is 1.28. The lowest BCUT2D eigenvalue weighted by atomic mass is 9.68. The Hall–Kier alpha value is -0.320. The minimum absolute atomic E-state index is 0.0912. The summed E-state index contributed by atoms with van der Waals surface area (Å²) in [5.74, 6) is 0. The average molecular weight is 481 g/mol. The van der Waals surface area contributed by atoms with Crippen LogP contribution in [0.15, 0.2) is 0 Å². The highest BCUT2D eigenvalue weighted by Gasteiger charge is 2.46. The van der Waals surface area contributed by atoms with Crippen LogP contribution in [0.5, 0.6) is 0 Å². The van der Waals surface area contributed by atoms with Gasteiger partial charge in [0.2, 0.25) is 0 Å². The fourth-order valence-electron chi connectivity index (χ4n) is 4.06. The number of ether oxygens (including phenoxy) is 4. The molecule has 0 bridgehead atoms. The van der Waals surface area contributed by atoms with Crippen molar-refractivity contribution in [2.45, 2.75) is 110 Å². The van der Waals surface area contributed by atoms with E-state index in [2.05, 4.69) is 0 Å². The van der Waals surface area contributed by atoms with E-state index in [0.717, 1.165) is 0 Å². The van der Waals surface area contributed by atoms with Crippen LogP contribution >= 0.6 is 0 Å². The monoisotopic (exact) mass is 480 g/mol. The number of aliphatic hydroxyl groups is 4. The van der Waals surface area contributed by atoms with E-state index in [1.165, 1.54) is 0 Å². The molecule has 8 nitrogen and oxygen atoms in total. The van der Waals surface area contributed by atoms with Crippen molar-refractivity contribution >= 4 is 0 Å². The molecule has 0 rings (SSSR count). The van der Waals surface area contributed by atoms with Crippen LogP contribution in [0, 0.1) is 5.41 Å². The molecule has 2 atom stereocenters. The zero-order valence-electron chi connectivity index (χ0n) is 22.6. The molecule has 0 spiro atoms. The average Bonchev–Trinajstić information content (AvgIpc) is 2.62. The van der Waals surface area contributed by atoms with Crippen LogP contribution in [0.1, 0.15) is 81.6 Å². The van der Waals surface area contributed by atoms with E-state index in [-0.39, 0.29) is 39.1 Å². The first-order chi connectivity index (χ1) is 14.9. The molecule has 0 saturated heterocycles. The number of aliphatic hydroxyl groups excluding tert-OH is 2. The van der Waals surface area contributed by atoms with Crippen molar-refractivity contribution in [1.29, 1.82) is 0 Å². The Bertz CT molecular complexity index is 521. The zero-order chi connectivity index (χ0) is 26.0. The van der Waals surface area contributed by atoms with Gasteiger partial charge in [-0.1, -0.05) is 0 Å². The highest BCUT2D eigenvalue weighted by Crippen LogP contribution is 2.43. The molecule has 0 aromatic rings. The molecule has 0 aliphatic heterocycles. The Kier molecular flexibility index (Phi) is 13.6. The van der Waals surface area contributed by atoms with E-state index in [9.17, 15) is 20.4 Å². The molecule has 4 N–H and O–H groups in total. The van der Waals surface area contributed by atoms with Gasteiger partial charge < -0.3 is 39.4 Å². The minimum Gasteiger partial charge on any atom is -0.394 e. The van der Waals surface area contributed by atoms with Crippen LogP contribution in [0.4, 0.5) is 0 Å². The van der Waals surface area contributed by atoms with Crippen molar-refractivity contribution in [3.8, 4) is 0 Å². The van der Waals surface area contributed by atoms with Gasteiger partial charge in [0.25, 0.3) is 0 Å². The molecule has 33 heavy (non-hydrogen) atoms. The van der Waals surface area contributed by atoms with Gasteiger partial charge in [-0.15, -0.1) is 0 Å². The highest BCUT2D eigenvalue weighted by atomic mass is 16.5. The lowest BCUT2D eigenvalue weighted by molar-refractivity contribution is -0.170. The van der Waals surface area contributed by atoms with Crippen LogP contribution < -0.4 is 0 Å². The van der Waals surface area contributed by atoms with E-state index in [4.69, 9.17) is 18.9 Å². The summed E-state index contributed by atoms with van der Waals surface area (Å²) in [6, 6.07) is 0. The minimum atomic E-state index is -0.966. The zero-order valence-corrected chi connectivity index (χ0v) is 22.6. The van der Waals surface area contributed by atoms with Crippen molar-refractivity contribution in [3.05, 3.63) is 0 Å². The van der Waals surface area contributed by atoms with Gasteiger partial charge in [0.15, 0.2) is 0 Å². The van der Waals surface area contributed by atoms with Gasteiger partial charge in [-0.2, -0.15) is 0 Å². The van der Waals surface area contributed by atoms with Gasteiger partial charge in [-0.3, -0.25) is 0 Å². The maximum Gasteiger partial charge on any atom is 0.0824 e. The number of hydrogen-bond donors (Lipinski definition) is 4. The van der Waals surface area contributed by atoms with E-state index in [0.29, 0.717) is 32.5 Å². The highest BCUT2D eigenvalue weighted by molar-refractivity contribution is 4.96. The molecule has 0 saturated carbocycles. The molecule has 0 amide bonds. The van der Waals surface area contributed by atoms with Crippen molar-refractivity contribution in [2.75, 3.05) is 46.2 Å². The third-order valence-electron chi connectivity index (χ3n) is 5.53. The van der Waals surface area contributed by atoms with Crippen molar-refractivity contribution in [1.82, 2.24) is 0 Å². The second-order valence-corrected chi connectivity index (χ2v) is 11.8. The second-order valence-electron chi connectivity index (χ2n) is 11.8. The first-order valence-electron chi connectivity index (χ1n) is 12.0. The molecule has 200 valence electrons. The van der Waals surface area contributed by atoms with Crippen LogP contribution in [0.25, 0.3) is 0 Å². The van der Waals surface area contributed by atoms with Gasteiger partial charge in [0.1, 0.15) is 0 Å². The molecule has 0 fully saturated rings. The van der Waals surface area contributed by atoms with Gasteiger partial charge in [0, 0.05) is 5.41 Å². The van der Waals surface area contributed by atoms with Gasteiger partial charge in [-0.25, -0.2) is 0 Å². The lowest BCUT2D eigenvalue weighted by Crippen LogP contribution is -2.51. The summed E-state index contributed by atoms with van der Waals surface area (Å²) in [7, 11) is 0.